The molecule has 19 heavy (non-hydrogen) atoms. The fraction of sp³-hybridized carbons (Fsp3) is 0.571. The van der Waals surface area contributed by atoms with Gasteiger partial charge in [-0.1, -0.05) is 19.9 Å². The number of hydrogen-bond acceptors (Lipinski definition) is 4. The van der Waals surface area contributed by atoms with Crippen molar-refractivity contribution in [3.8, 4) is 0 Å². The Hall–Kier alpha value is -1.20. The molecule has 102 valence electrons. The van der Waals surface area contributed by atoms with E-state index in [-0.39, 0.29) is 11.2 Å². The Morgan fingerprint density at radius 2 is 1.95 bits per heavy atom. The third-order valence-electron chi connectivity index (χ3n) is 4.25. The molecule has 0 radical (unpaired) electrons. The van der Waals surface area contributed by atoms with E-state index >= 15 is 0 Å². The van der Waals surface area contributed by atoms with Gasteiger partial charge in [0, 0.05) is 11.7 Å². The van der Waals surface area contributed by atoms with Crippen LogP contribution in [0.25, 0.3) is 0 Å². The standard InChI is InChI=1S/C14H20BNO3/c1-10(2)14(5)13(3,4)18-15(19-14)11-6-7-12(9-17)16-8-11/h6-10H,1-5H3. The Morgan fingerprint density at radius 3 is 2.37 bits per heavy atom. The van der Waals surface area contributed by atoms with Crippen molar-refractivity contribution in [1.29, 1.82) is 0 Å². The van der Waals surface area contributed by atoms with Crippen molar-refractivity contribution in [2.24, 2.45) is 5.92 Å². The fourth-order valence-electron chi connectivity index (χ4n) is 2.37. The number of carbonyl (C=O) groups is 1. The van der Waals surface area contributed by atoms with Gasteiger partial charge in [0.2, 0.25) is 0 Å². The van der Waals surface area contributed by atoms with Crippen LogP contribution in [-0.4, -0.2) is 29.6 Å². The molecule has 0 bridgehead atoms. The Bertz CT molecular complexity index is 472. The summed E-state index contributed by atoms with van der Waals surface area (Å²) in [5.74, 6) is 0.328. The molecule has 1 aromatic heterocycles. The van der Waals surface area contributed by atoms with Crippen LogP contribution in [0.2, 0.25) is 0 Å². The monoisotopic (exact) mass is 261 g/mol. The predicted octanol–water partition coefficient (Wildman–Crippen LogP) is 1.83. The molecule has 5 heteroatoms. The SMILES string of the molecule is CC(C)C1(C)OB(c2ccc(C=O)nc2)OC1(C)C. The highest BCUT2D eigenvalue weighted by molar-refractivity contribution is 6.62. The number of carbonyl (C=O) groups excluding carboxylic acids is 1. The lowest BCUT2D eigenvalue weighted by Crippen LogP contribution is -2.48. The van der Waals surface area contributed by atoms with Crippen LogP contribution in [0.15, 0.2) is 18.3 Å². The summed E-state index contributed by atoms with van der Waals surface area (Å²) in [6.45, 7) is 10.4. The highest BCUT2D eigenvalue weighted by Gasteiger charge is 2.56. The second-order valence-electron chi connectivity index (χ2n) is 5.97. The van der Waals surface area contributed by atoms with Gasteiger partial charge >= 0.3 is 7.12 Å². The van der Waals surface area contributed by atoms with Gasteiger partial charge in [0.1, 0.15) is 5.69 Å². The molecule has 1 fully saturated rings. The molecule has 0 aliphatic carbocycles. The Kier molecular flexibility index (Phi) is 3.54. The van der Waals surface area contributed by atoms with Crippen molar-refractivity contribution < 1.29 is 14.1 Å². The molecule has 0 spiro atoms. The second kappa shape index (κ2) is 4.73. The van der Waals surface area contributed by atoms with E-state index in [4.69, 9.17) is 9.31 Å². The summed E-state index contributed by atoms with van der Waals surface area (Å²) in [6.07, 6.45) is 2.36. The molecule has 1 unspecified atom stereocenters. The molecule has 1 saturated heterocycles. The minimum atomic E-state index is -0.435. The van der Waals surface area contributed by atoms with Crippen LogP contribution in [0, 0.1) is 5.92 Å². The lowest BCUT2D eigenvalue weighted by molar-refractivity contribution is -0.0435. The third kappa shape index (κ3) is 2.32. The predicted molar refractivity (Wildman–Crippen MR) is 74.5 cm³/mol. The molecule has 0 saturated carbocycles. The van der Waals surface area contributed by atoms with Crippen molar-refractivity contribution in [3.05, 3.63) is 24.0 Å². The maximum Gasteiger partial charge on any atom is 0.496 e. The van der Waals surface area contributed by atoms with Gasteiger partial charge in [0.15, 0.2) is 6.29 Å². The highest BCUT2D eigenvalue weighted by Crippen LogP contribution is 2.42. The maximum absolute atomic E-state index is 10.6. The zero-order chi connectivity index (χ0) is 14.3. The molecular formula is C14H20BNO3. The minimum absolute atomic E-state index is 0.328. The van der Waals surface area contributed by atoms with E-state index < -0.39 is 7.12 Å². The smallest absolute Gasteiger partial charge is 0.399 e. The topological polar surface area (TPSA) is 48.4 Å². The number of aldehydes is 1. The number of hydrogen-bond donors (Lipinski definition) is 0. The number of aromatic nitrogens is 1. The number of nitrogens with zero attached hydrogens (tertiary/aromatic N) is 1. The molecule has 1 aromatic rings. The summed E-state index contributed by atoms with van der Waals surface area (Å²) in [5.41, 5.74) is 0.506. The van der Waals surface area contributed by atoms with Crippen LogP contribution in [0.4, 0.5) is 0 Å². The van der Waals surface area contributed by atoms with E-state index in [2.05, 4.69) is 25.8 Å². The molecule has 0 N–H and O–H groups in total. The van der Waals surface area contributed by atoms with Gasteiger partial charge in [-0.3, -0.25) is 9.78 Å². The average molecular weight is 261 g/mol. The fourth-order valence-corrected chi connectivity index (χ4v) is 2.37. The maximum atomic E-state index is 10.6. The molecule has 1 aliphatic rings. The van der Waals surface area contributed by atoms with Crippen LogP contribution < -0.4 is 5.46 Å². The van der Waals surface area contributed by atoms with Gasteiger partial charge < -0.3 is 9.31 Å². The molecule has 2 heterocycles. The van der Waals surface area contributed by atoms with E-state index in [1.165, 1.54) is 0 Å². The normalized spacial score (nSPS) is 25.9. The Labute approximate surface area is 114 Å². The van der Waals surface area contributed by atoms with Crippen LogP contribution >= 0.6 is 0 Å². The van der Waals surface area contributed by atoms with Crippen molar-refractivity contribution in [2.75, 3.05) is 0 Å². The van der Waals surface area contributed by atoms with E-state index in [0.717, 1.165) is 11.7 Å². The summed E-state index contributed by atoms with van der Waals surface area (Å²) in [6, 6.07) is 3.50. The summed E-state index contributed by atoms with van der Waals surface area (Å²) in [7, 11) is -0.435. The third-order valence-corrected chi connectivity index (χ3v) is 4.25. The molecule has 0 amide bonds. The minimum Gasteiger partial charge on any atom is -0.399 e. The molecule has 4 nitrogen and oxygen atoms in total. The quantitative estimate of drug-likeness (QED) is 0.615. The second-order valence-corrected chi connectivity index (χ2v) is 5.97. The first kappa shape index (κ1) is 14.2. The van der Waals surface area contributed by atoms with Crippen molar-refractivity contribution in [2.45, 2.75) is 45.8 Å². The first-order chi connectivity index (χ1) is 8.80. The van der Waals surface area contributed by atoms with Crippen molar-refractivity contribution >= 4 is 18.9 Å². The zero-order valence-corrected chi connectivity index (χ0v) is 12.1. The summed E-state index contributed by atoms with van der Waals surface area (Å²) < 4.78 is 12.2. The largest absolute Gasteiger partial charge is 0.496 e. The molecule has 1 atom stereocenters. The lowest BCUT2D eigenvalue weighted by atomic mass is 9.78. The van der Waals surface area contributed by atoms with E-state index in [9.17, 15) is 4.79 Å². The summed E-state index contributed by atoms with van der Waals surface area (Å²) in [5, 5.41) is 0. The van der Waals surface area contributed by atoms with Gasteiger partial charge in [0.05, 0.1) is 11.2 Å². The van der Waals surface area contributed by atoms with Gasteiger partial charge in [-0.25, -0.2) is 0 Å². The first-order valence-corrected chi connectivity index (χ1v) is 6.57. The highest BCUT2D eigenvalue weighted by atomic mass is 16.7. The lowest BCUT2D eigenvalue weighted by Gasteiger charge is -2.39. The molecule has 2 rings (SSSR count). The van der Waals surface area contributed by atoms with Crippen molar-refractivity contribution in [1.82, 2.24) is 4.98 Å². The van der Waals surface area contributed by atoms with E-state index in [1.807, 2.05) is 19.9 Å². The average Bonchev–Trinajstić information content (AvgIpc) is 2.62. The van der Waals surface area contributed by atoms with Gasteiger partial charge in [0.25, 0.3) is 0 Å². The van der Waals surface area contributed by atoms with Crippen LogP contribution in [0.3, 0.4) is 0 Å². The summed E-state index contributed by atoms with van der Waals surface area (Å²) in [4.78, 5) is 14.7. The first-order valence-electron chi connectivity index (χ1n) is 6.57. The van der Waals surface area contributed by atoms with E-state index in [1.54, 1.807) is 12.3 Å². The van der Waals surface area contributed by atoms with Crippen LogP contribution in [0.1, 0.15) is 45.1 Å². The van der Waals surface area contributed by atoms with Gasteiger partial charge in [-0.05, 0) is 32.8 Å². The number of pyridine rings is 1. The van der Waals surface area contributed by atoms with E-state index in [0.29, 0.717) is 11.6 Å². The number of rotatable bonds is 3. The van der Waals surface area contributed by atoms with Crippen molar-refractivity contribution in [3.63, 3.8) is 0 Å². The zero-order valence-electron chi connectivity index (χ0n) is 12.1. The summed E-state index contributed by atoms with van der Waals surface area (Å²) >= 11 is 0. The molecular weight excluding hydrogens is 241 g/mol. The van der Waals surface area contributed by atoms with Gasteiger partial charge in [-0.2, -0.15) is 0 Å². The molecule has 1 aliphatic heterocycles. The molecule has 0 aromatic carbocycles. The van der Waals surface area contributed by atoms with Crippen LogP contribution in [-0.2, 0) is 9.31 Å². The van der Waals surface area contributed by atoms with Gasteiger partial charge in [-0.15, -0.1) is 0 Å². The Balaban J connectivity index is 2.27. The Morgan fingerprint density at radius 1 is 1.26 bits per heavy atom. The van der Waals surface area contributed by atoms with Crippen LogP contribution in [0.5, 0.6) is 0 Å².